The lowest BCUT2D eigenvalue weighted by Crippen LogP contribution is -2.11. The topological polar surface area (TPSA) is 81.4 Å². The van der Waals surface area contributed by atoms with Crippen LogP contribution in [0.3, 0.4) is 0 Å². The van der Waals surface area contributed by atoms with E-state index in [0.717, 1.165) is 11.3 Å². The molecule has 1 aromatic carbocycles. The van der Waals surface area contributed by atoms with Gasteiger partial charge >= 0.3 is 0 Å². The summed E-state index contributed by atoms with van der Waals surface area (Å²) in [7, 11) is -2.15. The number of nitrogens with two attached hydrogens (primary N) is 1. The number of nitrogens with one attached hydrogen (secondary N) is 1. The van der Waals surface area contributed by atoms with Crippen molar-refractivity contribution in [1.82, 2.24) is 0 Å². The van der Waals surface area contributed by atoms with Gasteiger partial charge in [-0.25, -0.2) is 8.42 Å². The summed E-state index contributed by atoms with van der Waals surface area (Å²) in [5.74, 6) is 0.477. The molecule has 102 valence electrons. The van der Waals surface area contributed by atoms with Gasteiger partial charge in [0.05, 0.1) is 17.8 Å². The zero-order chi connectivity index (χ0) is 14.0. The summed E-state index contributed by atoms with van der Waals surface area (Å²) < 4.78 is 31.7. The van der Waals surface area contributed by atoms with Crippen molar-refractivity contribution < 1.29 is 13.2 Å². The maximum Gasteiger partial charge on any atom is 0.271 e. The van der Waals surface area contributed by atoms with Gasteiger partial charge in [-0.3, -0.25) is 4.72 Å². The first kappa shape index (κ1) is 14.0. The molecule has 2 aromatic rings. The van der Waals surface area contributed by atoms with E-state index in [4.69, 9.17) is 22.1 Å². The number of nitrogen functional groups attached to an aromatic ring is 1. The quantitative estimate of drug-likeness (QED) is 0.908. The molecule has 0 bridgehead atoms. The smallest absolute Gasteiger partial charge is 0.271 e. The highest BCUT2D eigenvalue weighted by atomic mass is 35.5. The highest BCUT2D eigenvalue weighted by molar-refractivity contribution is 7.94. The molecule has 0 radical (unpaired) electrons. The molecule has 0 aliphatic heterocycles. The van der Waals surface area contributed by atoms with Crippen LogP contribution in [0.2, 0.25) is 5.02 Å². The lowest BCUT2D eigenvalue weighted by atomic mass is 10.3. The Bertz CT molecular complexity index is 698. The third-order valence-corrected chi connectivity index (χ3v) is 5.40. The zero-order valence-corrected chi connectivity index (χ0v) is 12.3. The van der Waals surface area contributed by atoms with Crippen molar-refractivity contribution in [3.8, 4) is 5.75 Å². The lowest BCUT2D eigenvalue weighted by molar-refractivity contribution is 0.415. The van der Waals surface area contributed by atoms with Gasteiger partial charge in [0, 0.05) is 11.1 Å². The van der Waals surface area contributed by atoms with Gasteiger partial charge in [0.2, 0.25) is 0 Å². The molecule has 1 aromatic heterocycles. The number of halogens is 1. The fraction of sp³-hybridized carbons (Fsp3) is 0.0909. The molecule has 0 saturated heterocycles. The minimum absolute atomic E-state index is 0.150. The predicted octanol–water partition coefficient (Wildman–Crippen LogP) is 2.79. The molecule has 19 heavy (non-hydrogen) atoms. The molecular weight excluding hydrogens is 308 g/mol. The molecule has 5 nitrogen and oxygen atoms in total. The molecule has 1 heterocycles. The molecule has 0 unspecified atom stereocenters. The summed E-state index contributed by atoms with van der Waals surface area (Å²) in [5, 5.41) is 1.89. The Morgan fingerprint density at radius 1 is 1.37 bits per heavy atom. The van der Waals surface area contributed by atoms with Crippen LogP contribution in [0.25, 0.3) is 0 Å². The van der Waals surface area contributed by atoms with Gasteiger partial charge in [-0.05, 0) is 24.3 Å². The summed E-state index contributed by atoms with van der Waals surface area (Å²) in [6.07, 6.45) is 0. The van der Waals surface area contributed by atoms with Crippen LogP contribution in [-0.2, 0) is 10.0 Å². The van der Waals surface area contributed by atoms with Crippen LogP contribution in [0.15, 0.2) is 33.9 Å². The number of hydrogen-bond donors (Lipinski definition) is 2. The van der Waals surface area contributed by atoms with E-state index in [9.17, 15) is 8.42 Å². The Morgan fingerprint density at radius 3 is 2.63 bits per heavy atom. The number of methoxy groups -OCH3 is 1. The minimum Gasteiger partial charge on any atom is -0.495 e. The van der Waals surface area contributed by atoms with Crippen LogP contribution >= 0.6 is 22.9 Å². The lowest BCUT2D eigenvalue weighted by Gasteiger charge is -2.08. The molecule has 0 spiro atoms. The molecule has 0 fully saturated rings. The Labute approximate surface area is 120 Å². The summed E-state index contributed by atoms with van der Waals surface area (Å²) in [4.78, 5) is 0. The fourth-order valence-electron chi connectivity index (χ4n) is 1.41. The normalized spacial score (nSPS) is 11.3. The van der Waals surface area contributed by atoms with Crippen molar-refractivity contribution in [3.05, 3.63) is 34.7 Å². The van der Waals surface area contributed by atoms with E-state index in [1.165, 1.54) is 19.2 Å². The second-order valence-electron chi connectivity index (χ2n) is 3.65. The highest BCUT2D eigenvalue weighted by Gasteiger charge is 2.17. The Balaban J connectivity index is 2.28. The van der Waals surface area contributed by atoms with Crippen molar-refractivity contribution in [2.45, 2.75) is 4.21 Å². The van der Waals surface area contributed by atoms with Crippen LogP contribution in [0, 0.1) is 0 Å². The van der Waals surface area contributed by atoms with E-state index < -0.39 is 10.0 Å². The van der Waals surface area contributed by atoms with E-state index in [-0.39, 0.29) is 4.21 Å². The number of hydrogen-bond acceptors (Lipinski definition) is 5. The molecule has 0 atom stereocenters. The van der Waals surface area contributed by atoms with Crippen molar-refractivity contribution >= 4 is 44.3 Å². The van der Waals surface area contributed by atoms with Crippen LogP contribution in [-0.4, -0.2) is 15.5 Å². The van der Waals surface area contributed by atoms with Crippen LogP contribution in [0.4, 0.5) is 11.4 Å². The monoisotopic (exact) mass is 318 g/mol. The van der Waals surface area contributed by atoms with Crippen LogP contribution < -0.4 is 15.2 Å². The van der Waals surface area contributed by atoms with Gasteiger partial charge in [-0.2, -0.15) is 0 Å². The number of rotatable bonds is 4. The maximum atomic E-state index is 12.1. The molecule has 8 heteroatoms. The summed E-state index contributed by atoms with van der Waals surface area (Å²) in [5.41, 5.74) is 6.29. The third-order valence-electron chi connectivity index (χ3n) is 2.26. The number of anilines is 2. The van der Waals surface area contributed by atoms with Gasteiger partial charge < -0.3 is 10.5 Å². The second-order valence-corrected chi connectivity index (χ2v) is 6.88. The minimum atomic E-state index is -3.64. The summed E-state index contributed by atoms with van der Waals surface area (Å²) in [6, 6.07) is 6.04. The van der Waals surface area contributed by atoms with E-state index in [1.807, 2.05) is 0 Å². The van der Waals surface area contributed by atoms with Crippen molar-refractivity contribution in [1.29, 1.82) is 0 Å². The molecular formula is C11H11ClN2O3S2. The second kappa shape index (κ2) is 5.28. The van der Waals surface area contributed by atoms with Gasteiger partial charge in [0.25, 0.3) is 10.0 Å². The SMILES string of the molecule is COc1ccc(NS(=O)(=O)c2cc(N)cs2)cc1Cl. The largest absolute Gasteiger partial charge is 0.495 e. The van der Waals surface area contributed by atoms with E-state index in [0.29, 0.717) is 22.1 Å². The third kappa shape index (κ3) is 3.12. The molecule has 0 saturated carbocycles. The highest BCUT2D eigenvalue weighted by Crippen LogP contribution is 2.29. The molecule has 0 aliphatic rings. The van der Waals surface area contributed by atoms with Crippen LogP contribution in [0.1, 0.15) is 0 Å². The van der Waals surface area contributed by atoms with E-state index in [2.05, 4.69) is 4.72 Å². The zero-order valence-electron chi connectivity index (χ0n) is 9.88. The van der Waals surface area contributed by atoms with Gasteiger partial charge in [0.1, 0.15) is 9.96 Å². The van der Waals surface area contributed by atoms with E-state index in [1.54, 1.807) is 17.5 Å². The Hall–Kier alpha value is -1.44. The van der Waals surface area contributed by atoms with Crippen molar-refractivity contribution in [3.63, 3.8) is 0 Å². The number of sulfonamides is 1. The average molecular weight is 319 g/mol. The summed E-state index contributed by atoms with van der Waals surface area (Å²) >= 11 is 6.99. The molecule has 2 rings (SSSR count). The first-order valence-corrected chi connectivity index (χ1v) is 7.87. The van der Waals surface area contributed by atoms with Gasteiger partial charge in [-0.15, -0.1) is 11.3 Å². The summed E-state index contributed by atoms with van der Waals surface area (Å²) in [6.45, 7) is 0. The molecule has 0 amide bonds. The maximum absolute atomic E-state index is 12.1. The Kier molecular flexibility index (Phi) is 3.88. The van der Waals surface area contributed by atoms with Gasteiger partial charge in [-0.1, -0.05) is 11.6 Å². The van der Waals surface area contributed by atoms with E-state index >= 15 is 0 Å². The fourth-order valence-corrected chi connectivity index (χ4v) is 3.79. The molecule has 0 aliphatic carbocycles. The van der Waals surface area contributed by atoms with Gasteiger partial charge in [0.15, 0.2) is 0 Å². The van der Waals surface area contributed by atoms with Crippen molar-refractivity contribution in [2.75, 3.05) is 17.6 Å². The number of benzene rings is 1. The number of ether oxygens (including phenoxy) is 1. The standard InChI is InChI=1S/C11H11ClN2O3S2/c1-17-10-3-2-8(5-9(10)12)14-19(15,16)11-4-7(13)6-18-11/h2-6,14H,13H2,1H3. The molecule has 3 N–H and O–H groups in total. The predicted molar refractivity (Wildman–Crippen MR) is 77.5 cm³/mol. The number of thiophene rings is 1. The first-order valence-electron chi connectivity index (χ1n) is 5.13. The Morgan fingerprint density at radius 2 is 2.11 bits per heavy atom. The van der Waals surface area contributed by atoms with Crippen LogP contribution in [0.5, 0.6) is 5.75 Å². The first-order chi connectivity index (χ1) is 8.92. The van der Waals surface area contributed by atoms with Crippen molar-refractivity contribution in [2.24, 2.45) is 0 Å². The average Bonchev–Trinajstić information content (AvgIpc) is 2.76.